The summed E-state index contributed by atoms with van der Waals surface area (Å²) < 4.78 is 4.93. The molecule has 1 aliphatic carbocycles. The summed E-state index contributed by atoms with van der Waals surface area (Å²) in [6.45, 7) is 2.66. The molecule has 0 bridgehead atoms. The van der Waals surface area contributed by atoms with Gasteiger partial charge in [-0.05, 0) is 61.7 Å². The maximum absolute atomic E-state index is 12.2. The van der Waals surface area contributed by atoms with Crippen LogP contribution in [-0.4, -0.2) is 25.2 Å². The first-order chi connectivity index (χ1) is 12.5. The number of halogens is 1. The molecule has 26 heavy (non-hydrogen) atoms. The number of carbonyl (C=O) groups is 2. The van der Waals surface area contributed by atoms with Crippen LogP contribution in [0.25, 0.3) is 0 Å². The van der Waals surface area contributed by atoms with E-state index in [0.717, 1.165) is 12.8 Å². The minimum atomic E-state index is -0.373. The molecule has 136 valence electrons. The highest BCUT2D eigenvalue weighted by molar-refractivity contribution is 6.30. The molecule has 2 N–H and O–H groups in total. The monoisotopic (exact) mass is 372 g/mol. The van der Waals surface area contributed by atoms with Crippen molar-refractivity contribution in [2.24, 2.45) is 0 Å². The Balaban J connectivity index is 1.53. The minimum Gasteiger partial charge on any atom is -0.462 e. The van der Waals surface area contributed by atoms with Crippen LogP contribution in [0.15, 0.2) is 48.5 Å². The van der Waals surface area contributed by atoms with E-state index >= 15 is 0 Å². The van der Waals surface area contributed by atoms with Crippen LogP contribution < -0.4 is 10.6 Å². The molecule has 0 radical (unpaired) electrons. The van der Waals surface area contributed by atoms with Crippen LogP contribution in [0.3, 0.4) is 0 Å². The van der Waals surface area contributed by atoms with Gasteiger partial charge in [0.1, 0.15) is 0 Å². The molecule has 6 heteroatoms. The average Bonchev–Trinajstić information content (AvgIpc) is 3.43. The molecular weight excluding hydrogens is 352 g/mol. The second-order valence-corrected chi connectivity index (χ2v) is 6.83. The standard InChI is InChI=1S/C20H21ClN2O3/c1-2-26-18(24)14-3-9-17(10-4-14)23-19(25)22-13-20(11-12-20)15-5-7-16(21)8-6-15/h3-10H,2,11-13H2,1H3,(H2,22,23,25). The van der Waals surface area contributed by atoms with Gasteiger partial charge in [-0.15, -0.1) is 0 Å². The maximum atomic E-state index is 12.2. The summed E-state index contributed by atoms with van der Waals surface area (Å²) in [5.41, 5.74) is 2.28. The Kier molecular flexibility index (Phi) is 5.47. The topological polar surface area (TPSA) is 67.4 Å². The number of hydrogen-bond donors (Lipinski definition) is 2. The van der Waals surface area contributed by atoms with Crippen LogP contribution in [0.5, 0.6) is 0 Å². The Morgan fingerprint density at radius 3 is 2.31 bits per heavy atom. The van der Waals surface area contributed by atoms with E-state index in [9.17, 15) is 9.59 Å². The molecule has 1 aliphatic rings. The first-order valence-corrected chi connectivity index (χ1v) is 8.98. The number of amides is 2. The lowest BCUT2D eigenvalue weighted by atomic mass is 9.96. The molecule has 0 saturated heterocycles. The van der Waals surface area contributed by atoms with Crippen molar-refractivity contribution in [3.05, 3.63) is 64.7 Å². The lowest BCUT2D eigenvalue weighted by Gasteiger charge is -2.17. The first-order valence-electron chi connectivity index (χ1n) is 8.60. The van der Waals surface area contributed by atoms with E-state index in [1.807, 2.05) is 24.3 Å². The number of anilines is 1. The van der Waals surface area contributed by atoms with Crippen molar-refractivity contribution in [2.45, 2.75) is 25.2 Å². The van der Waals surface area contributed by atoms with Gasteiger partial charge in [-0.3, -0.25) is 0 Å². The third-order valence-corrected chi connectivity index (χ3v) is 4.80. The summed E-state index contributed by atoms with van der Waals surface area (Å²) in [4.78, 5) is 23.8. The van der Waals surface area contributed by atoms with Crippen LogP contribution in [0.1, 0.15) is 35.7 Å². The normalized spacial score (nSPS) is 14.4. The fourth-order valence-corrected chi connectivity index (χ4v) is 2.98. The average molecular weight is 373 g/mol. The number of carbonyl (C=O) groups excluding carboxylic acids is 2. The van der Waals surface area contributed by atoms with Gasteiger partial charge in [0.2, 0.25) is 0 Å². The lowest BCUT2D eigenvalue weighted by molar-refractivity contribution is 0.0526. The van der Waals surface area contributed by atoms with Crippen molar-refractivity contribution >= 4 is 29.3 Å². The van der Waals surface area contributed by atoms with Gasteiger partial charge >= 0.3 is 12.0 Å². The van der Waals surface area contributed by atoms with Crippen LogP contribution in [0.2, 0.25) is 5.02 Å². The SMILES string of the molecule is CCOC(=O)c1ccc(NC(=O)NCC2(c3ccc(Cl)cc3)CC2)cc1. The van der Waals surface area contributed by atoms with E-state index in [1.54, 1.807) is 31.2 Å². The molecule has 1 saturated carbocycles. The fourth-order valence-electron chi connectivity index (χ4n) is 2.85. The molecule has 3 rings (SSSR count). The van der Waals surface area contributed by atoms with Gasteiger partial charge in [0.25, 0.3) is 0 Å². The number of nitrogens with one attached hydrogen (secondary N) is 2. The number of benzene rings is 2. The van der Waals surface area contributed by atoms with Gasteiger partial charge in [-0.1, -0.05) is 23.7 Å². The van der Waals surface area contributed by atoms with Gasteiger partial charge < -0.3 is 15.4 Å². The van der Waals surface area contributed by atoms with E-state index < -0.39 is 0 Å². The largest absolute Gasteiger partial charge is 0.462 e. The van der Waals surface area contributed by atoms with Gasteiger partial charge in [-0.2, -0.15) is 0 Å². The van der Waals surface area contributed by atoms with E-state index in [0.29, 0.717) is 29.4 Å². The molecule has 0 aromatic heterocycles. The summed E-state index contributed by atoms with van der Waals surface area (Å²) in [7, 11) is 0. The van der Waals surface area contributed by atoms with Crippen molar-refractivity contribution < 1.29 is 14.3 Å². The highest BCUT2D eigenvalue weighted by Crippen LogP contribution is 2.47. The Bertz CT molecular complexity index is 784. The Hall–Kier alpha value is -2.53. The zero-order valence-corrected chi connectivity index (χ0v) is 15.3. The summed E-state index contributed by atoms with van der Waals surface area (Å²) in [5, 5.41) is 6.42. The molecule has 2 aromatic carbocycles. The Morgan fingerprint density at radius 1 is 1.08 bits per heavy atom. The quantitative estimate of drug-likeness (QED) is 0.740. The zero-order chi connectivity index (χ0) is 18.6. The third-order valence-electron chi connectivity index (χ3n) is 4.55. The molecule has 0 atom stereocenters. The molecule has 2 aromatic rings. The minimum absolute atomic E-state index is 0.00962. The molecule has 0 aliphatic heterocycles. The van der Waals surface area contributed by atoms with Crippen molar-refractivity contribution in [1.82, 2.24) is 5.32 Å². The molecule has 2 amide bonds. The predicted molar refractivity (Wildman–Crippen MR) is 102 cm³/mol. The Morgan fingerprint density at radius 2 is 1.73 bits per heavy atom. The highest BCUT2D eigenvalue weighted by Gasteiger charge is 2.44. The van der Waals surface area contributed by atoms with E-state index in [1.165, 1.54) is 5.56 Å². The second-order valence-electron chi connectivity index (χ2n) is 6.39. The van der Waals surface area contributed by atoms with Crippen molar-refractivity contribution in [3.63, 3.8) is 0 Å². The number of urea groups is 1. The van der Waals surface area contributed by atoms with Crippen LogP contribution in [0, 0.1) is 0 Å². The highest BCUT2D eigenvalue weighted by atomic mass is 35.5. The maximum Gasteiger partial charge on any atom is 0.338 e. The lowest BCUT2D eigenvalue weighted by Crippen LogP contribution is -2.35. The van der Waals surface area contributed by atoms with Crippen molar-refractivity contribution in [3.8, 4) is 0 Å². The number of ether oxygens (including phenoxy) is 1. The summed E-state index contributed by atoms with van der Waals surface area (Å²) in [5.74, 6) is -0.373. The molecular formula is C20H21ClN2O3. The van der Waals surface area contributed by atoms with Gasteiger partial charge in [0.05, 0.1) is 12.2 Å². The number of esters is 1. The smallest absolute Gasteiger partial charge is 0.338 e. The van der Waals surface area contributed by atoms with E-state index in [4.69, 9.17) is 16.3 Å². The molecule has 1 fully saturated rings. The first kappa shape index (κ1) is 18.3. The third kappa shape index (κ3) is 4.35. The summed E-state index contributed by atoms with van der Waals surface area (Å²) in [6.07, 6.45) is 2.09. The van der Waals surface area contributed by atoms with Gasteiger partial charge in [0, 0.05) is 22.7 Å². The predicted octanol–water partition coefficient (Wildman–Crippen LogP) is 4.37. The molecule has 0 spiro atoms. The number of hydrogen-bond acceptors (Lipinski definition) is 3. The fraction of sp³-hybridized carbons (Fsp3) is 0.300. The zero-order valence-electron chi connectivity index (χ0n) is 14.5. The second kappa shape index (κ2) is 7.79. The Labute approximate surface area is 157 Å². The van der Waals surface area contributed by atoms with E-state index in [2.05, 4.69) is 10.6 Å². The van der Waals surface area contributed by atoms with Gasteiger partial charge in [0.15, 0.2) is 0 Å². The van der Waals surface area contributed by atoms with Gasteiger partial charge in [-0.25, -0.2) is 9.59 Å². The van der Waals surface area contributed by atoms with Crippen LogP contribution in [0.4, 0.5) is 10.5 Å². The molecule has 0 heterocycles. The summed E-state index contributed by atoms with van der Waals surface area (Å²) >= 11 is 5.94. The molecule has 0 unspecified atom stereocenters. The van der Waals surface area contributed by atoms with E-state index in [-0.39, 0.29) is 17.4 Å². The number of rotatable bonds is 6. The van der Waals surface area contributed by atoms with Crippen molar-refractivity contribution in [1.29, 1.82) is 0 Å². The molecule has 5 nitrogen and oxygen atoms in total. The van der Waals surface area contributed by atoms with Crippen LogP contribution in [-0.2, 0) is 10.2 Å². The summed E-state index contributed by atoms with van der Waals surface area (Å²) in [6, 6.07) is 14.1. The van der Waals surface area contributed by atoms with Crippen LogP contribution >= 0.6 is 11.6 Å². The van der Waals surface area contributed by atoms with Crippen molar-refractivity contribution in [2.75, 3.05) is 18.5 Å².